The van der Waals surface area contributed by atoms with Gasteiger partial charge < -0.3 is 10.6 Å². The number of nitrogens with zero attached hydrogens (tertiary/aromatic N) is 5. The van der Waals surface area contributed by atoms with E-state index in [2.05, 4.69) is 24.9 Å². The number of aromatic nitrogens is 4. The average molecular weight is 443 g/mol. The Morgan fingerprint density at radius 3 is 2.52 bits per heavy atom. The number of pyridine rings is 1. The second-order valence-electron chi connectivity index (χ2n) is 11.1. The normalized spacial score (nSPS) is 29.5. The number of aryl methyl sites for hydroxylation is 1. The molecule has 3 aromatic heterocycles. The van der Waals surface area contributed by atoms with Crippen LogP contribution < -0.4 is 5.73 Å². The third-order valence-electron chi connectivity index (χ3n) is 9.08. The molecule has 33 heavy (non-hydrogen) atoms. The lowest BCUT2D eigenvalue weighted by atomic mass is 9.85. The monoisotopic (exact) mass is 442 g/mol. The first kappa shape index (κ1) is 20.0. The van der Waals surface area contributed by atoms with Crippen molar-refractivity contribution in [1.82, 2.24) is 24.5 Å². The van der Waals surface area contributed by atoms with Crippen molar-refractivity contribution >= 4 is 11.5 Å². The standard InChI is InChI=1S/C27H34N6/c1-15-4-3-5-17-10-19(13-29-24(15)17)22-14-30-33-26(28)23(16-6-7-16)25(31-27(22)33)18-11-20-8-9-21(12-18)32(20)2/h10,13-16,18,20-21H,3-9,11-12,28H2,1-2H3/t15?,18?,20-,21?/m0/s1. The lowest BCUT2D eigenvalue weighted by Gasteiger charge is -2.36. The molecule has 2 bridgehead atoms. The van der Waals surface area contributed by atoms with E-state index >= 15 is 0 Å². The predicted octanol–water partition coefficient (Wildman–Crippen LogP) is 5.03. The highest BCUT2D eigenvalue weighted by Gasteiger charge is 2.42. The molecule has 4 aliphatic rings. The van der Waals surface area contributed by atoms with E-state index in [1.165, 1.54) is 73.9 Å². The molecule has 2 aliphatic carbocycles. The zero-order valence-electron chi connectivity index (χ0n) is 19.8. The largest absolute Gasteiger partial charge is 0.383 e. The Kier molecular flexibility index (Phi) is 4.39. The smallest absolute Gasteiger partial charge is 0.165 e. The lowest BCUT2D eigenvalue weighted by Crippen LogP contribution is -2.39. The quantitative estimate of drug-likeness (QED) is 0.616. The first-order valence-corrected chi connectivity index (χ1v) is 13.0. The van der Waals surface area contributed by atoms with Gasteiger partial charge in [0.25, 0.3) is 0 Å². The first-order valence-electron chi connectivity index (χ1n) is 13.0. The molecule has 1 saturated carbocycles. The molecule has 2 N–H and O–H groups in total. The van der Waals surface area contributed by atoms with Crippen molar-refractivity contribution in [2.24, 2.45) is 0 Å². The van der Waals surface area contributed by atoms with Gasteiger partial charge in [0.15, 0.2) is 5.65 Å². The van der Waals surface area contributed by atoms with Crippen molar-refractivity contribution < 1.29 is 0 Å². The molecule has 3 fully saturated rings. The molecule has 0 radical (unpaired) electrons. The van der Waals surface area contributed by atoms with Crippen molar-refractivity contribution in [3.8, 4) is 11.1 Å². The Bertz CT molecular complexity index is 1230. The van der Waals surface area contributed by atoms with Crippen molar-refractivity contribution in [2.75, 3.05) is 12.8 Å². The third kappa shape index (κ3) is 3.06. The number of piperidine rings is 1. The summed E-state index contributed by atoms with van der Waals surface area (Å²) in [6.07, 6.45) is 15.1. The number of rotatable bonds is 3. The van der Waals surface area contributed by atoms with E-state index in [1.54, 1.807) is 0 Å². The van der Waals surface area contributed by atoms with E-state index in [1.807, 2.05) is 16.9 Å². The molecule has 0 spiro atoms. The molecular formula is C27H34N6. The minimum Gasteiger partial charge on any atom is -0.383 e. The van der Waals surface area contributed by atoms with Crippen LogP contribution in [-0.2, 0) is 6.42 Å². The molecule has 172 valence electrons. The van der Waals surface area contributed by atoms with Crippen LogP contribution in [0.1, 0.15) is 98.6 Å². The second-order valence-corrected chi connectivity index (χ2v) is 11.1. The summed E-state index contributed by atoms with van der Waals surface area (Å²) in [4.78, 5) is 12.9. The van der Waals surface area contributed by atoms with Gasteiger partial charge >= 0.3 is 0 Å². The van der Waals surface area contributed by atoms with Crippen LogP contribution in [0.15, 0.2) is 18.5 Å². The summed E-state index contributed by atoms with van der Waals surface area (Å²) >= 11 is 0. The highest BCUT2D eigenvalue weighted by atomic mass is 15.3. The second kappa shape index (κ2) is 7.26. The maximum Gasteiger partial charge on any atom is 0.165 e. The van der Waals surface area contributed by atoms with E-state index in [4.69, 9.17) is 20.8 Å². The molecule has 0 amide bonds. The summed E-state index contributed by atoms with van der Waals surface area (Å²) in [6, 6.07) is 3.71. The molecular weight excluding hydrogens is 408 g/mol. The fourth-order valence-corrected chi connectivity index (χ4v) is 7.03. The van der Waals surface area contributed by atoms with E-state index in [-0.39, 0.29) is 0 Å². The van der Waals surface area contributed by atoms with Crippen LogP contribution in [-0.4, -0.2) is 43.6 Å². The summed E-state index contributed by atoms with van der Waals surface area (Å²) in [6.45, 7) is 2.29. The Balaban J connectivity index is 1.36. The topological polar surface area (TPSA) is 72.3 Å². The number of fused-ring (bicyclic) bond motifs is 4. The SMILES string of the molecule is CC1CCCc2cc(-c3cnn4c(N)c(C5CC5)c(C5CC6CC[C@@H](C5)N6C)nc34)cnc21. The van der Waals surface area contributed by atoms with Crippen LogP contribution in [0, 0.1) is 0 Å². The minimum atomic E-state index is 0.506. The van der Waals surface area contributed by atoms with Gasteiger partial charge in [0.05, 0.1) is 11.9 Å². The summed E-state index contributed by atoms with van der Waals surface area (Å²) < 4.78 is 1.90. The van der Waals surface area contributed by atoms with Crippen molar-refractivity contribution in [1.29, 1.82) is 0 Å². The molecule has 5 heterocycles. The number of nitrogens with two attached hydrogens (primary N) is 1. The fourth-order valence-electron chi connectivity index (χ4n) is 7.03. The number of hydrogen-bond donors (Lipinski definition) is 1. The van der Waals surface area contributed by atoms with Crippen LogP contribution in [0.3, 0.4) is 0 Å². The maximum absolute atomic E-state index is 6.83. The summed E-state index contributed by atoms with van der Waals surface area (Å²) in [5.41, 5.74) is 15.2. The van der Waals surface area contributed by atoms with Crippen LogP contribution >= 0.6 is 0 Å². The Morgan fingerprint density at radius 2 is 1.76 bits per heavy atom. The number of anilines is 1. The molecule has 4 atom stereocenters. The lowest BCUT2D eigenvalue weighted by molar-refractivity contribution is 0.160. The van der Waals surface area contributed by atoms with Gasteiger partial charge in [0.2, 0.25) is 0 Å². The zero-order valence-corrected chi connectivity index (χ0v) is 19.8. The molecule has 3 unspecified atom stereocenters. The van der Waals surface area contributed by atoms with E-state index < -0.39 is 0 Å². The number of nitrogen functional groups attached to an aromatic ring is 1. The van der Waals surface area contributed by atoms with Gasteiger partial charge in [-0.25, -0.2) is 4.98 Å². The summed E-state index contributed by atoms with van der Waals surface area (Å²) in [7, 11) is 2.31. The van der Waals surface area contributed by atoms with Gasteiger partial charge in [-0.1, -0.05) is 6.92 Å². The van der Waals surface area contributed by atoms with Gasteiger partial charge in [0, 0.05) is 46.6 Å². The van der Waals surface area contributed by atoms with Crippen LogP contribution in [0.25, 0.3) is 16.8 Å². The summed E-state index contributed by atoms with van der Waals surface area (Å²) in [5.74, 6) is 2.43. The highest BCUT2D eigenvalue weighted by Crippen LogP contribution is 2.50. The molecule has 2 aliphatic heterocycles. The van der Waals surface area contributed by atoms with Gasteiger partial charge in [-0.2, -0.15) is 9.61 Å². The van der Waals surface area contributed by atoms with Crippen molar-refractivity contribution in [3.63, 3.8) is 0 Å². The molecule has 6 nitrogen and oxygen atoms in total. The molecule has 0 aromatic carbocycles. The van der Waals surface area contributed by atoms with E-state index in [9.17, 15) is 0 Å². The third-order valence-corrected chi connectivity index (χ3v) is 9.08. The van der Waals surface area contributed by atoms with Gasteiger partial charge in [0.1, 0.15) is 5.82 Å². The minimum absolute atomic E-state index is 0.506. The summed E-state index contributed by atoms with van der Waals surface area (Å²) in [5, 5.41) is 4.73. The van der Waals surface area contributed by atoms with Crippen LogP contribution in [0.2, 0.25) is 0 Å². The Labute approximate surface area is 195 Å². The molecule has 7 rings (SSSR count). The Morgan fingerprint density at radius 1 is 0.970 bits per heavy atom. The van der Waals surface area contributed by atoms with Gasteiger partial charge in [-0.15, -0.1) is 0 Å². The van der Waals surface area contributed by atoms with Crippen molar-refractivity contribution in [2.45, 2.75) is 94.5 Å². The van der Waals surface area contributed by atoms with Crippen LogP contribution in [0.5, 0.6) is 0 Å². The van der Waals surface area contributed by atoms with E-state index in [0.29, 0.717) is 29.8 Å². The highest BCUT2D eigenvalue weighted by molar-refractivity contribution is 5.79. The Hall–Kier alpha value is -2.47. The van der Waals surface area contributed by atoms with Crippen LogP contribution in [0.4, 0.5) is 5.82 Å². The first-order chi connectivity index (χ1) is 16.1. The molecule has 2 saturated heterocycles. The number of hydrogen-bond acceptors (Lipinski definition) is 5. The predicted molar refractivity (Wildman–Crippen MR) is 131 cm³/mol. The fraction of sp³-hybridized carbons (Fsp3) is 0.593. The van der Waals surface area contributed by atoms with Gasteiger partial charge in [-0.3, -0.25) is 4.98 Å². The van der Waals surface area contributed by atoms with Gasteiger partial charge in [-0.05, 0) is 88.3 Å². The molecule has 6 heteroatoms. The van der Waals surface area contributed by atoms with E-state index in [0.717, 1.165) is 29.0 Å². The maximum atomic E-state index is 6.83. The zero-order chi connectivity index (χ0) is 22.3. The average Bonchev–Trinajstić information content (AvgIpc) is 3.53. The van der Waals surface area contributed by atoms with Crippen molar-refractivity contribution in [3.05, 3.63) is 41.0 Å². The molecule has 3 aromatic rings.